The van der Waals surface area contributed by atoms with E-state index in [0.29, 0.717) is 5.92 Å². The molecule has 1 unspecified atom stereocenters. The van der Waals surface area contributed by atoms with Gasteiger partial charge < -0.3 is 10.1 Å². The second kappa shape index (κ2) is 3.89. The van der Waals surface area contributed by atoms with E-state index < -0.39 is 0 Å². The van der Waals surface area contributed by atoms with Gasteiger partial charge in [0.1, 0.15) is 0 Å². The molecule has 1 atom stereocenters. The Labute approximate surface area is 85.2 Å². The first-order chi connectivity index (χ1) is 6.79. The molecule has 1 heterocycles. The number of hydrogen-bond acceptors (Lipinski definition) is 3. The maximum absolute atomic E-state index is 11.9. The Kier molecular flexibility index (Phi) is 2.77. The SMILES string of the molecule is COC(=O)C1(C2CCNC2)CCCC1. The van der Waals surface area contributed by atoms with Crippen LogP contribution in [-0.2, 0) is 9.53 Å². The summed E-state index contributed by atoms with van der Waals surface area (Å²) in [6.07, 6.45) is 5.57. The fraction of sp³-hybridized carbons (Fsp3) is 0.909. The third-order valence-corrected chi connectivity index (χ3v) is 3.93. The van der Waals surface area contributed by atoms with Gasteiger partial charge in [-0.15, -0.1) is 0 Å². The quantitative estimate of drug-likeness (QED) is 0.679. The number of hydrogen-bond donors (Lipinski definition) is 1. The lowest BCUT2D eigenvalue weighted by molar-refractivity contribution is -0.155. The Bertz CT molecular complexity index is 215. The van der Waals surface area contributed by atoms with Crippen molar-refractivity contribution in [3.8, 4) is 0 Å². The average molecular weight is 197 g/mol. The molecule has 0 amide bonds. The van der Waals surface area contributed by atoms with Crippen molar-refractivity contribution >= 4 is 5.97 Å². The average Bonchev–Trinajstić information content (AvgIpc) is 2.86. The van der Waals surface area contributed by atoms with Crippen molar-refractivity contribution in [1.29, 1.82) is 0 Å². The van der Waals surface area contributed by atoms with Gasteiger partial charge in [-0.05, 0) is 38.3 Å². The summed E-state index contributed by atoms with van der Waals surface area (Å²) >= 11 is 0. The van der Waals surface area contributed by atoms with E-state index in [2.05, 4.69) is 5.32 Å². The van der Waals surface area contributed by atoms with Gasteiger partial charge in [-0.1, -0.05) is 12.8 Å². The fourth-order valence-corrected chi connectivity index (χ4v) is 3.11. The molecule has 1 saturated carbocycles. The summed E-state index contributed by atoms with van der Waals surface area (Å²) in [7, 11) is 1.52. The number of carbonyl (C=O) groups excluding carboxylic acids is 1. The van der Waals surface area contributed by atoms with Crippen molar-refractivity contribution in [2.24, 2.45) is 11.3 Å². The van der Waals surface area contributed by atoms with Gasteiger partial charge in [-0.3, -0.25) is 4.79 Å². The summed E-state index contributed by atoms with van der Waals surface area (Å²) in [6, 6.07) is 0. The summed E-state index contributed by atoms with van der Waals surface area (Å²) in [6.45, 7) is 2.05. The minimum absolute atomic E-state index is 0.0312. The third-order valence-electron chi connectivity index (χ3n) is 3.93. The van der Waals surface area contributed by atoms with Crippen LogP contribution in [0.1, 0.15) is 32.1 Å². The van der Waals surface area contributed by atoms with Crippen LogP contribution in [0.3, 0.4) is 0 Å². The van der Waals surface area contributed by atoms with Crippen LogP contribution in [-0.4, -0.2) is 26.2 Å². The summed E-state index contributed by atoms with van der Waals surface area (Å²) in [5.41, 5.74) is -0.141. The number of nitrogens with one attached hydrogen (secondary N) is 1. The lowest BCUT2D eigenvalue weighted by Gasteiger charge is -2.31. The highest BCUT2D eigenvalue weighted by molar-refractivity contribution is 5.77. The Morgan fingerprint density at radius 1 is 1.43 bits per heavy atom. The van der Waals surface area contributed by atoms with Crippen LogP contribution in [0.2, 0.25) is 0 Å². The number of ether oxygens (including phenoxy) is 1. The van der Waals surface area contributed by atoms with E-state index in [1.165, 1.54) is 20.0 Å². The van der Waals surface area contributed by atoms with Crippen LogP contribution in [0, 0.1) is 11.3 Å². The molecule has 1 aliphatic carbocycles. The largest absolute Gasteiger partial charge is 0.469 e. The van der Waals surface area contributed by atoms with Gasteiger partial charge in [0.2, 0.25) is 0 Å². The molecule has 0 aromatic carbocycles. The first-order valence-electron chi connectivity index (χ1n) is 5.59. The van der Waals surface area contributed by atoms with Gasteiger partial charge in [0.25, 0.3) is 0 Å². The molecule has 3 heteroatoms. The molecule has 0 bridgehead atoms. The zero-order valence-corrected chi connectivity index (χ0v) is 8.84. The molecule has 0 radical (unpaired) electrons. The third kappa shape index (κ3) is 1.44. The highest BCUT2D eigenvalue weighted by Gasteiger charge is 2.48. The highest BCUT2D eigenvalue weighted by atomic mass is 16.5. The molecule has 2 fully saturated rings. The van der Waals surface area contributed by atoms with Gasteiger partial charge in [0, 0.05) is 0 Å². The molecule has 0 aromatic rings. The maximum atomic E-state index is 11.9. The van der Waals surface area contributed by atoms with E-state index in [-0.39, 0.29) is 11.4 Å². The fourth-order valence-electron chi connectivity index (χ4n) is 3.11. The Morgan fingerprint density at radius 2 is 2.14 bits per heavy atom. The lowest BCUT2D eigenvalue weighted by Crippen LogP contribution is -2.38. The Balaban J connectivity index is 2.16. The molecule has 0 spiro atoms. The molecule has 0 aromatic heterocycles. The van der Waals surface area contributed by atoms with Crippen molar-refractivity contribution in [2.45, 2.75) is 32.1 Å². The van der Waals surface area contributed by atoms with Gasteiger partial charge in [-0.25, -0.2) is 0 Å². The monoisotopic (exact) mass is 197 g/mol. The van der Waals surface area contributed by atoms with Gasteiger partial charge in [0.15, 0.2) is 0 Å². The van der Waals surface area contributed by atoms with Gasteiger partial charge >= 0.3 is 5.97 Å². The standard InChI is InChI=1S/C11H19NO2/c1-14-10(13)11(5-2-3-6-11)9-4-7-12-8-9/h9,12H,2-8H2,1H3. The molecule has 2 rings (SSSR count). The lowest BCUT2D eigenvalue weighted by atomic mass is 9.73. The molecule has 1 saturated heterocycles. The molecule has 14 heavy (non-hydrogen) atoms. The van der Waals surface area contributed by atoms with E-state index in [4.69, 9.17) is 4.74 Å². The van der Waals surface area contributed by atoms with E-state index in [1.54, 1.807) is 0 Å². The van der Waals surface area contributed by atoms with E-state index in [0.717, 1.165) is 32.4 Å². The van der Waals surface area contributed by atoms with E-state index >= 15 is 0 Å². The van der Waals surface area contributed by atoms with Crippen LogP contribution in [0.5, 0.6) is 0 Å². The molecule has 1 N–H and O–H groups in total. The van der Waals surface area contributed by atoms with Crippen molar-refractivity contribution in [3.63, 3.8) is 0 Å². The summed E-state index contributed by atoms with van der Waals surface area (Å²) < 4.78 is 4.98. The Hall–Kier alpha value is -0.570. The maximum Gasteiger partial charge on any atom is 0.312 e. The van der Waals surface area contributed by atoms with Crippen LogP contribution < -0.4 is 5.32 Å². The molecule has 2 aliphatic rings. The second-order valence-corrected chi connectivity index (χ2v) is 4.54. The smallest absolute Gasteiger partial charge is 0.312 e. The second-order valence-electron chi connectivity index (χ2n) is 4.54. The van der Waals surface area contributed by atoms with Crippen molar-refractivity contribution < 1.29 is 9.53 Å². The highest BCUT2D eigenvalue weighted by Crippen LogP contribution is 2.47. The number of rotatable bonds is 2. The van der Waals surface area contributed by atoms with Crippen molar-refractivity contribution in [1.82, 2.24) is 5.32 Å². The Morgan fingerprint density at radius 3 is 2.64 bits per heavy atom. The zero-order valence-electron chi connectivity index (χ0n) is 8.84. The van der Waals surface area contributed by atoms with E-state index in [9.17, 15) is 4.79 Å². The topological polar surface area (TPSA) is 38.3 Å². The van der Waals surface area contributed by atoms with Crippen molar-refractivity contribution in [3.05, 3.63) is 0 Å². The molecular formula is C11H19NO2. The normalized spacial score (nSPS) is 30.5. The summed E-state index contributed by atoms with van der Waals surface area (Å²) in [5.74, 6) is 0.543. The summed E-state index contributed by atoms with van der Waals surface area (Å²) in [5, 5.41) is 3.35. The minimum atomic E-state index is -0.141. The summed E-state index contributed by atoms with van der Waals surface area (Å²) in [4.78, 5) is 11.9. The van der Waals surface area contributed by atoms with Crippen LogP contribution in [0.15, 0.2) is 0 Å². The van der Waals surface area contributed by atoms with Crippen LogP contribution in [0.25, 0.3) is 0 Å². The predicted octanol–water partition coefficient (Wildman–Crippen LogP) is 1.33. The molecule has 1 aliphatic heterocycles. The number of esters is 1. The predicted molar refractivity (Wildman–Crippen MR) is 53.9 cm³/mol. The van der Waals surface area contributed by atoms with Crippen LogP contribution in [0.4, 0.5) is 0 Å². The van der Waals surface area contributed by atoms with Gasteiger partial charge in [0.05, 0.1) is 12.5 Å². The first kappa shape index (κ1) is 9.97. The molecular weight excluding hydrogens is 178 g/mol. The van der Waals surface area contributed by atoms with Crippen molar-refractivity contribution in [2.75, 3.05) is 20.2 Å². The van der Waals surface area contributed by atoms with Crippen LogP contribution >= 0.6 is 0 Å². The number of carbonyl (C=O) groups is 1. The molecule has 3 nitrogen and oxygen atoms in total. The minimum Gasteiger partial charge on any atom is -0.469 e. The number of methoxy groups -OCH3 is 1. The first-order valence-corrected chi connectivity index (χ1v) is 5.59. The van der Waals surface area contributed by atoms with E-state index in [1.807, 2.05) is 0 Å². The zero-order chi connectivity index (χ0) is 10.0. The van der Waals surface area contributed by atoms with Gasteiger partial charge in [-0.2, -0.15) is 0 Å². The molecule has 80 valence electrons.